The van der Waals surface area contributed by atoms with Gasteiger partial charge in [0.15, 0.2) is 0 Å². The van der Waals surface area contributed by atoms with E-state index in [1.165, 1.54) is 0 Å². The Morgan fingerprint density at radius 2 is 2.24 bits per heavy atom. The zero-order chi connectivity index (χ0) is 12.1. The van der Waals surface area contributed by atoms with Gasteiger partial charge in [0.25, 0.3) is 0 Å². The molecule has 1 aromatic rings. The number of aliphatic hydroxyl groups excluding tert-OH is 1. The van der Waals surface area contributed by atoms with Gasteiger partial charge in [0.05, 0.1) is 6.10 Å². The molecule has 2 N–H and O–H groups in total. The predicted molar refractivity (Wildman–Crippen MR) is 65.0 cm³/mol. The number of nitrogens with one attached hydrogen (secondary N) is 1. The van der Waals surface area contributed by atoms with Crippen LogP contribution >= 0.6 is 0 Å². The molecule has 1 aliphatic heterocycles. The van der Waals surface area contributed by atoms with Crippen LogP contribution in [0.15, 0.2) is 12.4 Å². The van der Waals surface area contributed by atoms with Crippen LogP contribution < -0.4 is 5.32 Å². The Kier molecular flexibility index (Phi) is 4.28. The second-order valence-electron chi connectivity index (χ2n) is 4.44. The first-order chi connectivity index (χ1) is 8.25. The molecule has 5 heteroatoms. The second kappa shape index (κ2) is 5.93. The highest BCUT2D eigenvalue weighted by Crippen LogP contribution is 2.25. The van der Waals surface area contributed by atoms with Crippen molar-refractivity contribution in [3.8, 4) is 0 Å². The Balaban J connectivity index is 2.00. The summed E-state index contributed by atoms with van der Waals surface area (Å²) in [7, 11) is 0. The van der Waals surface area contributed by atoms with Crippen molar-refractivity contribution in [3.05, 3.63) is 18.1 Å². The average molecular weight is 237 g/mol. The molecule has 2 rings (SSSR count). The van der Waals surface area contributed by atoms with Gasteiger partial charge in [0.2, 0.25) is 0 Å². The average Bonchev–Trinajstić information content (AvgIpc) is 2.38. The van der Waals surface area contributed by atoms with Crippen molar-refractivity contribution in [1.29, 1.82) is 0 Å². The Morgan fingerprint density at radius 3 is 2.94 bits per heavy atom. The second-order valence-corrected chi connectivity index (χ2v) is 4.44. The largest absolute Gasteiger partial charge is 0.392 e. The summed E-state index contributed by atoms with van der Waals surface area (Å²) in [5, 5.41) is 12.3. The van der Waals surface area contributed by atoms with E-state index in [1.807, 2.05) is 6.07 Å². The van der Waals surface area contributed by atoms with Crippen LogP contribution in [0.3, 0.4) is 0 Å². The van der Waals surface area contributed by atoms with Gasteiger partial charge in [-0.05, 0) is 19.8 Å². The van der Waals surface area contributed by atoms with Gasteiger partial charge in [-0.1, -0.05) is 0 Å². The molecule has 1 fully saturated rings. The minimum Gasteiger partial charge on any atom is -0.392 e. The maximum Gasteiger partial charge on any atom is 0.129 e. The minimum absolute atomic E-state index is 0.378. The monoisotopic (exact) mass is 237 g/mol. The van der Waals surface area contributed by atoms with Crippen LogP contribution in [0.2, 0.25) is 0 Å². The molecule has 5 nitrogen and oxygen atoms in total. The number of rotatable bonds is 4. The lowest BCUT2D eigenvalue weighted by atomic mass is 9.96. The van der Waals surface area contributed by atoms with Crippen molar-refractivity contribution in [2.24, 2.45) is 0 Å². The molecule has 0 radical (unpaired) electrons. The third kappa shape index (κ3) is 3.64. The molecule has 0 saturated carbocycles. The van der Waals surface area contributed by atoms with Crippen LogP contribution in [-0.2, 0) is 4.74 Å². The molecule has 0 aliphatic carbocycles. The quantitative estimate of drug-likeness (QED) is 0.822. The summed E-state index contributed by atoms with van der Waals surface area (Å²) in [5.74, 6) is 1.25. The van der Waals surface area contributed by atoms with Crippen molar-refractivity contribution in [2.45, 2.75) is 31.8 Å². The van der Waals surface area contributed by atoms with Crippen LogP contribution in [0.1, 0.15) is 31.4 Å². The fraction of sp³-hybridized carbons (Fsp3) is 0.667. The van der Waals surface area contributed by atoms with E-state index in [4.69, 9.17) is 4.74 Å². The number of hydrogen-bond acceptors (Lipinski definition) is 5. The van der Waals surface area contributed by atoms with E-state index < -0.39 is 0 Å². The van der Waals surface area contributed by atoms with Crippen molar-refractivity contribution in [1.82, 2.24) is 9.97 Å². The predicted octanol–water partition coefficient (Wildman–Crippen LogP) is 1.16. The lowest BCUT2D eigenvalue weighted by Gasteiger charge is -2.21. The van der Waals surface area contributed by atoms with E-state index in [0.29, 0.717) is 12.5 Å². The maximum absolute atomic E-state index is 9.21. The molecule has 1 atom stereocenters. The van der Waals surface area contributed by atoms with E-state index in [9.17, 15) is 5.11 Å². The molecule has 2 heterocycles. The highest BCUT2D eigenvalue weighted by Gasteiger charge is 2.17. The molecule has 0 aromatic carbocycles. The third-order valence-electron chi connectivity index (χ3n) is 2.91. The molecule has 1 unspecified atom stereocenters. The summed E-state index contributed by atoms with van der Waals surface area (Å²) in [6.45, 7) is 3.87. The van der Waals surface area contributed by atoms with E-state index in [1.54, 1.807) is 13.3 Å². The molecule has 17 heavy (non-hydrogen) atoms. The van der Waals surface area contributed by atoms with Crippen LogP contribution in [0.5, 0.6) is 0 Å². The van der Waals surface area contributed by atoms with E-state index in [2.05, 4.69) is 15.3 Å². The normalized spacial score (nSPS) is 18.9. The molecule has 0 bridgehead atoms. The molecule has 1 aromatic heterocycles. The first kappa shape index (κ1) is 12.3. The van der Waals surface area contributed by atoms with E-state index >= 15 is 0 Å². The number of aromatic nitrogens is 2. The first-order valence-corrected chi connectivity index (χ1v) is 6.07. The number of nitrogens with zero attached hydrogens (tertiary/aromatic N) is 2. The van der Waals surface area contributed by atoms with Crippen LogP contribution in [0, 0.1) is 0 Å². The minimum atomic E-state index is -0.378. The number of anilines is 1. The van der Waals surface area contributed by atoms with Gasteiger partial charge in [-0.15, -0.1) is 0 Å². The fourth-order valence-corrected chi connectivity index (χ4v) is 1.94. The third-order valence-corrected chi connectivity index (χ3v) is 2.91. The first-order valence-electron chi connectivity index (χ1n) is 6.07. The molecular formula is C12H19N3O2. The highest BCUT2D eigenvalue weighted by molar-refractivity contribution is 5.35. The Bertz CT molecular complexity index is 351. The van der Waals surface area contributed by atoms with Crippen LogP contribution in [0.25, 0.3) is 0 Å². The number of hydrogen-bond donors (Lipinski definition) is 2. The topological polar surface area (TPSA) is 67.3 Å². The van der Waals surface area contributed by atoms with Gasteiger partial charge >= 0.3 is 0 Å². The summed E-state index contributed by atoms with van der Waals surface area (Å²) < 4.78 is 5.34. The van der Waals surface area contributed by atoms with Gasteiger partial charge in [0.1, 0.15) is 12.1 Å². The smallest absolute Gasteiger partial charge is 0.129 e. The van der Waals surface area contributed by atoms with Crippen LogP contribution in [-0.4, -0.2) is 40.9 Å². The van der Waals surface area contributed by atoms with Gasteiger partial charge in [-0.25, -0.2) is 9.97 Å². The SMILES string of the molecule is CC(O)CNc1cc(C2CCOCC2)ncn1. The highest BCUT2D eigenvalue weighted by atomic mass is 16.5. The van der Waals surface area contributed by atoms with Crippen molar-refractivity contribution < 1.29 is 9.84 Å². The van der Waals surface area contributed by atoms with E-state index in [0.717, 1.165) is 37.6 Å². The fourth-order valence-electron chi connectivity index (χ4n) is 1.94. The summed E-state index contributed by atoms with van der Waals surface area (Å²) in [5.41, 5.74) is 1.07. The van der Waals surface area contributed by atoms with Gasteiger partial charge in [-0.2, -0.15) is 0 Å². The number of ether oxygens (including phenoxy) is 1. The lowest BCUT2D eigenvalue weighted by Crippen LogP contribution is -2.18. The Labute approximate surface area is 101 Å². The Morgan fingerprint density at radius 1 is 1.47 bits per heavy atom. The molecule has 0 amide bonds. The lowest BCUT2D eigenvalue weighted by molar-refractivity contribution is 0.0845. The zero-order valence-electron chi connectivity index (χ0n) is 10.1. The molecule has 1 aliphatic rings. The van der Waals surface area contributed by atoms with Gasteiger partial charge < -0.3 is 15.2 Å². The molecule has 0 spiro atoms. The van der Waals surface area contributed by atoms with Gasteiger partial charge in [0, 0.05) is 37.4 Å². The zero-order valence-corrected chi connectivity index (χ0v) is 10.1. The summed E-state index contributed by atoms with van der Waals surface area (Å²) in [4.78, 5) is 8.46. The van der Waals surface area contributed by atoms with Crippen molar-refractivity contribution in [3.63, 3.8) is 0 Å². The number of aliphatic hydroxyl groups is 1. The molecular weight excluding hydrogens is 218 g/mol. The Hall–Kier alpha value is -1.20. The molecule has 1 saturated heterocycles. The standard InChI is InChI=1S/C12H19N3O2/c1-9(16)7-13-12-6-11(14-8-15-12)10-2-4-17-5-3-10/h6,8-10,16H,2-5,7H2,1H3,(H,13,14,15). The van der Waals surface area contributed by atoms with Crippen molar-refractivity contribution >= 4 is 5.82 Å². The summed E-state index contributed by atoms with van der Waals surface area (Å²) in [6.07, 6.45) is 3.24. The van der Waals surface area contributed by atoms with Crippen LogP contribution in [0.4, 0.5) is 5.82 Å². The van der Waals surface area contributed by atoms with Gasteiger partial charge in [-0.3, -0.25) is 0 Å². The summed E-state index contributed by atoms with van der Waals surface area (Å²) in [6, 6.07) is 1.97. The summed E-state index contributed by atoms with van der Waals surface area (Å²) >= 11 is 0. The van der Waals surface area contributed by atoms with E-state index in [-0.39, 0.29) is 6.10 Å². The maximum atomic E-state index is 9.21. The molecule has 94 valence electrons. The van der Waals surface area contributed by atoms with Crippen molar-refractivity contribution in [2.75, 3.05) is 25.1 Å².